The molecule has 0 amide bonds. The van der Waals surface area contributed by atoms with E-state index in [1.54, 1.807) is 12.1 Å². The van der Waals surface area contributed by atoms with Gasteiger partial charge in [-0.2, -0.15) is 8.42 Å². The molecule has 0 spiro atoms. The monoisotopic (exact) mass is 380 g/mol. The molecule has 0 aliphatic rings. The Morgan fingerprint density at radius 2 is 1.62 bits per heavy atom. The van der Waals surface area contributed by atoms with Crippen molar-refractivity contribution in [3.05, 3.63) is 59.7 Å². The molecule has 2 aromatic carbocycles. The van der Waals surface area contributed by atoms with Crippen molar-refractivity contribution in [2.45, 2.75) is 24.7 Å². The zero-order valence-electron chi connectivity index (χ0n) is 14.2. The Bertz CT molecular complexity index is 897. The molecule has 7 heteroatoms. The second kappa shape index (κ2) is 9.32. The Kier molecular flexibility index (Phi) is 7.13. The molecular formula is C19H18F2O4S. The van der Waals surface area contributed by atoms with Crippen LogP contribution in [0.5, 0.6) is 5.75 Å². The maximum absolute atomic E-state index is 13.3. The van der Waals surface area contributed by atoms with E-state index < -0.39 is 21.8 Å². The van der Waals surface area contributed by atoms with E-state index in [0.717, 1.165) is 23.8 Å². The third kappa shape index (κ3) is 6.14. The van der Waals surface area contributed by atoms with Gasteiger partial charge in [-0.1, -0.05) is 23.6 Å². The number of benzene rings is 2. The number of aryl methyl sites for hydroxylation is 1. The second-order valence-corrected chi connectivity index (χ2v) is 6.98. The summed E-state index contributed by atoms with van der Waals surface area (Å²) in [6.07, 6.45) is 0.514. The Morgan fingerprint density at radius 1 is 0.962 bits per heavy atom. The third-order valence-electron chi connectivity index (χ3n) is 3.28. The van der Waals surface area contributed by atoms with Gasteiger partial charge in [0.25, 0.3) is 10.1 Å². The van der Waals surface area contributed by atoms with Gasteiger partial charge >= 0.3 is 0 Å². The molecule has 0 aliphatic carbocycles. The van der Waals surface area contributed by atoms with E-state index in [-0.39, 0.29) is 30.3 Å². The smallest absolute Gasteiger partial charge is 0.297 e. The SMILES string of the molecule is Cc1ccc(S(=O)(=O)OCCC#CCCOc2cc(F)ccc2F)cc1. The molecule has 0 bridgehead atoms. The first kappa shape index (κ1) is 19.9. The minimum atomic E-state index is -3.79. The molecule has 0 saturated carbocycles. The molecule has 0 saturated heterocycles. The first-order valence-electron chi connectivity index (χ1n) is 7.88. The quantitative estimate of drug-likeness (QED) is 0.416. The fourth-order valence-corrected chi connectivity index (χ4v) is 2.86. The lowest BCUT2D eigenvalue weighted by molar-refractivity contribution is 0.307. The van der Waals surface area contributed by atoms with Crippen LogP contribution < -0.4 is 4.74 Å². The highest BCUT2D eigenvalue weighted by molar-refractivity contribution is 7.86. The highest BCUT2D eigenvalue weighted by atomic mass is 32.2. The predicted octanol–water partition coefficient (Wildman–Crippen LogP) is 3.84. The van der Waals surface area contributed by atoms with E-state index in [9.17, 15) is 17.2 Å². The van der Waals surface area contributed by atoms with E-state index in [0.29, 0.717) is 6.42 Å². The largest absolute Gasteiger partial charge is 0.489 e. The maximum Gasteiger partial charge on any atom is 0.297 e. The van der Waals surface area contributed by atoms with Crippen molar-refractivity contribution in [3.8, 4) is 17.6 Å². The first-order chi connectivity index (χ1) is 12.4. The summed E-state index contributed by atoms with van der Waals surface area (Å²) in [5.41, 5.74) is 0.954. The van der Waals surface area contributed by atoms with Crippen LogP contribution in [0.4, 0.5) is 8.78 Å². The molecule has 26 heavy (non-hydrogen) atoms. The highest BCUT2D eigenvalue weighted by Gasteiger charge is 2.13. The topological polar surface area (TPSA) is 52.6 Å². The number of ether oxygens (including phenoxy) is 1. The van der Waals surface area contributed by atoms with Crippen molar-refractivity contribution in [3.63, 3.8) is 0 Å². The van der Waals surface area contributed by atoms with Crippen LogP contribution in [-0.4, -0.2) is 21.6 Å². The molecule has 0 N–H and O–H groups in total. The van der Waals surface area contributed by atoms with Gasteiger partial charge in [-0.15, -0.1) is 5.92 Å². The normalized spacial score (nSPS) is 10.9. The summed E-state index contributed by atoms with van der Waals surface area (Å²) in [5, 5.41) is 0. The van der Waals surface area contributed by atoms with Crippen LogP contribution >= 0.6 is 0 Å². The summed E-state index contributed by atoms with van der Waals surface area (Å²) in [4.78, 5) is 0.0987. The summed E-state index contributed by atoms with van der Waals surface area (Å²) in [7, 11) is -3.79. The summed E-state index contributed by atoms with van der Waals surface area (Å²) < 4.78 is 60.2. The van der Waals surface area contributed by atoms with Crippen molar-refractivity contribution in [2.24, 2.45) is 0 Å². The Hall–Kier alpha value is -2.43. The van der Waals surface area contributed by atoms with Crippen LogP contribution in [0.1, 0.15) is 18.4 Å². The number of rotatable bonds is 7. The lowest BCUT2D eigenvalue weighted by Gasteiger charge is -2.05. The van der Waals surface area contributed by atoms with Crippen LogP contribution in [0, 0.1) is 30.4 Å². The number of halogens is 2. The van der Waals surface area contributed by atoms with Gasteiger partial charge in [-0.3, -0.25) is 4.18 Å². The predicted molar refractivity (Wildman–Crippen MR) is 93.2 cm³/mol. The maximum atomic E-state index is 13.3. The average Bonchev–Trinajstić information content (AvgIpc) is 2.60. The van der Waals surface area contributed by atoms with Gasteiger partial charge in [0.05, 0.1) is 18.1 Å². The fraction of sp³-hybridized carbons (Fsp3) is 0.263. The summed E-state index contributed by atoms with van der Waals surface area (Å²) in [6.45, 7) is 1.89. The van der Waals surface area contributed by atoms with E-state index in [1.165, 1.54) is 12.1 Å². The van der Waals surface area contributed by atoms with Crippen LogP contribution in [0.25, 0.3) is 0 Å². The molecule has 0 heterocycles. The third-order valence-corrected chi connectivity index (χ3v) is 4.60. The van der Waals surface area contributed by atoms with Crippen molar-refractivity contribution in [1.82, 2.24) is 0 Å². The van der Waals surface area contributed by atoms with E-state index >= 15 is 0 Å². The molecule has 0 aromatic heterocycles. The zero-order chi connectivity index (χ0) is 19.0. The lowest BCUT2D eigenvalue weighted by atomic mass is 10.2. The van der Waals surface area contributed by atoms with Crippen molar-refractivity contribution in [1.29, 1.82) is 0 Å². The molecule has 4 nitrogen and oxygen atoms in total. The summed E-state index contributed by atoms with van der Waals surface area (Å²) in [6, 6.07) is 9.31. The second-order valence-electron chi connectivity index (χ2n) is 5.37. The average molecular weight is 380 g/mol. The Morgan fingerprint density at radius 3 is 2.31 bits per heavy atom. The van der Waals surface area contributed by atoms with Crippen LogP contribution in [0.3, 0.4) is 0 Å². The zero-order valence-corrected chi connectivity index (χ0v) is 15.0. The van der Waals surface area contributed by atoms with E-state index in [2.05, 4.69) is 11.8 Å². The van der Waals surface area contributed by atoms with E-state index in [1.807, 2.05) is 6.92 Å². The Balaban J connectivity index is 1.70. The lowest BCUT2D eigenvalue weighted by Crippen LogP contribution is -2.07. The molecule has 2 rings (SSSR count). The van der Waals surface area contributed by atoms with Gasteiger partial charge in [0.1, 0.15) is 5.82 Å². The number of hydrogen-bond acceptors (Lipinski definition) is 4. The van der Waals surface area contributed by atoms with Crippen molar-refractivity contribution in [2.75, 3.05) is 13.2 Å². The van der Waals surface area contributed by atoms with Gasteiger partial charge in [0, 0.05) is 18.9 Å². The van der Waals surface area contributed by atoms with Crippen LogP contribution in [0.2, 0.25) is 0 Å². The molecule has 0 atom stereocenters. The summed E-state index contributed by atoms with van der Waals surface area (Å²) in [5.74, 6) is 4.11. The molecule has 2 aromatic rings. The van der Waals surface area contributed by atoms with Gasteiger partial charge < -0.3 is 4.74 Å². The van der Waals surface area contributed by atoms with E-state index in [4.69, 9.17) is 8.92 Å². The summed E-state index contributed by atoms with van der Waals surface area (Å²) >= 11 is 0. The molecule has 0 unspecified atom stereocenters. The van der Waals surface area contributed by atoms with Crippen molar-refractivity contribution >= 4 is 10.1 Å². The fourth-order valence-electron chi connectivity index (χ4n) is 1.95. The van der Waals surface area contributed by atoms with Gasteiger partial charge in [-0.25, -0.2) is 8.78 Å². The first-order valence-corrected chi connectivity index (χ1v) is 9.29. The Labute approximate surface area is 151 Å². The molecular weight excluding hydrogens is 362 g/mol. The van der Waals surface area contributed by atoms with Gasteiger partial charge in [-0.05, 0) is 31.2 Å². The van der Waals surface area contributed by atoms with Crippen LogP contribution in [0.15, 0.2) is 47.4 Å². The van der Waals surface area contributed by atoms with Gasteiger partial charge in [0.2, 0.25) is 0 Å². The molecule has 0 fully saturated rings. The molecule has 138 valence electrons. The standard InChI is InChI=1S/C19H18F2O4S/c1-15-6-9-17(10-7-15)26(22,23)25-13-5-3-2-4-12-24-19-14-16(20)8-11-18(19)21/h6-11,14H,4-5,12-13H2,1H3. The highest BCUT2D eigenvalue weighted by Crippen LogP contribution is 2.18. The van der Waals surface area contributed by atoms with Crippen LogP contribution in [-0.2, 0) is 14.3 Å². The minimum Gasteiger partial charge on any atom is -0.489 e. The van der Waals surface area contributed by atoms with Gasteiger partial charge in [0.15, 0.2) is 11.6 Å². The number of hydrogen-bond donors (Lipinski definition) is 0. The van der Waals surface area contributed by atoms with Crippen molar-refractivity contribution < 1.29 is 26.1 Å². The molecule has 0 aliphatic heterocycles. The minimum absolute atomic E-state index is 0.0669. The molecule has 0 radical (unpaired) electrons.